The highest BCUT2D eigenvalue weighted by Gasteiger charge is 2.16. The van der Waals surface area contributed by atoms with Gasteiger partial charge < -0.3 is 10.1 Å². The summed E-state index contributed by atoms with van der Waals surface area (Å²) in [6.07, 6.45) is 2.41. The predicted octanol–water partition coefficient (Wildman–Crippen LogP) is 1.42. The average Bonchev–Trinajstić information content (AvgIpc) is 2.87. The number of hydrogen-bond donors (Lipinski definition) is 1. The van der Waals surface area contributed by atoms with Gasteiger partial charge in [-0.25, -0.2) is 4.79 Å². The van der Waals surface area contributed by atoms with E-state index in [1.807, 2.05) is 13.0 Å². The van der Waals surface area contributed by atoms with Gasteiger partial charge in [0.25, 0.3) is 5.91 Å². The van der Waals surface area contributed by atoms with Gasteiger partial charge in [0.15, 0.2) is 5.69 Å². The zero-order valence-electron chi connectivity index (χ0n) is 12.1. The normalized spacial score (nSPS) is 10.2. The maximum Gasteiger partial charge on any atom is 0.358 e. The molecule has 0 aromatic carbocycles. The van der Waals surface area contributed by atoms with Gasteiger partial charge in [0, 0.05) is 19.3 Å². The molecule has 7 heteroatoms. The first kappa shape index (κ1) is 14.7. The number of methoxy groups -OCH3 is 1. The summed E-state index contributed by atoms with van der Waals surface area (Å²) in [4.78, 5) is 27.6. The molecule has 0 radical (unpaired) electrons. The number of carbonyl (C=O) groups excluding carboxylic acids is 2. The molecular formula is C14H16N4O3. The second-order valence-corrected chi connectivity index (χ2v) is 4.39. The van der Waals surface area contributed by atoms with E-state index in [1.54, 1.807) is 19.3 Å². The Balaban J connectivity index is 2.19. The number of amides is 1. The Hall–Kier alpha value is -2.70. The third-order valence-electron chi connectivity index (χ3n) is 2.98. The highest BCUT2D eigenvalue weighted by molar-refractivity contribution is 6.03. The number of ether oxygens (including phenoxy) is 1. The van der Waals surface area contributed by atoms with Crippen LogP contribution in [0.4, 0.5) is 5.82 Å². The van der Waals surface area contributed by atoms with Gasteiger partial charge >= 0.3 is 5.97 Å². The maximum atomic E-state index is 12.2. The lowest BCUT2D eigenvalue weighted by Crippen LogP contribution is -2.16. The van der Waals surface area contributed by atoms with Crippen molar-refractivity contribution < 1.29 is 14.3 Å². The Kier molecular flexibility index (Phi) is 4.32. The molecule has 21 heavy (non-hydrogen) atoms. The van der Waals surface area contributed by atoms with E-state index in [1.165, 1.54) is 17.9 Å². The molecule has 0 aliphatic heterocycles. The zero-order chi connectivity index (χ0) is 15.4. The van der Waals surface area contributed by atoms with Crippen LogP contribution in [0.1, 0.15) is 33.5 Å². The summed E-state index contributed by atoms with van der Waals surface area (Å²) >= 11 is 0. The molecule has 0 spiro atoms. The summed E-state index contributed by atoms with van der Waals surface area (Å²) in [6.45, 7) is 2.00. The first-order chi connectivity index (χ1) is 10.0. The second kappa shape index (κ2) is 6.17. The molecule has 2 heterocycles. The molecule has 2 rings (SSSR count). The Labute approximate surface area is 121 Å². The van der Waals surface area contributed by atoms with Gasteiger partial charge in [-0.1, -0.05) is 6.92 Å². The van der Waals surface area contributed by atoms with E-state index in [-0.39, 0.29) is 11.6 Å². The van der Waals surface area contributed by atoms with Gasteiger partial charge in [-0.15, -0.1) is 0 Å². The number of hydrogen-bond acceptors (Lipinski definition) is 5. The van der Waals surface area contributed by atoms with E-state index in [2.05, 4.69) is 20.1 Å². The number of pyridine rings is 1. The number of aromatic nitrogens is 3. The van der Waals surface area contributed by atoms with Crippen LogP contribution in [-0.2, 0) is 18.2 Å². The van der Waals surface area contributed by atoms with Crippen LogP contribution in [0.15, 0.2) is 24.4 Å². The number of nitrogens with zero attached hydrogens (tertiary/aromatic N) is 3. The van der Waals surface area contributed by atoms with Crippen molar-refractivity contribution in [1.82, 2.24) is 14.8 Å². The van der Waals surface area contributed by atoms with Crippen molar-refractivity contribution in [3.8, 4) is 0 Å². The standard InChI is InChI=1S/C14H16N4O3/c1-4-9-5-6-15-10(7-9)13(19)16-12-8-11(14(20)21-3)17-18(12)2/h5-8H,4H2,1-3H3,(H,16,19). The molecular weight excluding hydrogens is 272 g/mol. The van der Waals surface area contributed by atoms with Crippen LogP contribution in [0.5, 0.6) is 0 Å². The highest BCUT2D eigenvalue weighted by atomic mass is 16.5. The van der Waals surface area contributed by atoms with E-state index in [4.69, 9.17) is 0 Å². The number of anilines is 1. The first-order valence-electron chi connectivity index (χ1n) is 6.43. The van der Waals surface area contributed by atoms with Crippen molar-refractivity contribution in [1.29, 1.82) is 0 Å². The van der Waals surface area contributed by atoms with Crippen LogP contribution < -0.4 is 5.32 Å². The molecule has 0 fully saturated rings. The second-order valence-electron chi connectivity index (χ2n) is 4.39. The van der Waals surface area contributed by atoms with Crippen LogP contribution in [0, 0.1) is 0 Å². The lowest BCUT2D eigenvalue weighted by atomic mass is 10.2. The lowest BCUT2D eigenvalue weighted by molar-refractivity contribution is 0.0593. The topological polar surface area (TPSA) is 86.1 Å². The predicted molar refractivity (Wildman–Crippen MR) is 76.1 cm³/mol. The molecule has 0 atom stereocenters. The van der Waals surface area contributed by atoms with Crippen LogP contribution in [0.25, 0.3) is 0 Å². The Morgan fingerprint density at radius 3 is 2.76 bits per heavy atom. The summed E-state index contributed by atoms with van der Waals surface area (Å²) in [5.41, 5.74) is 1.47. The minimum absolute atomic E-state index is 0.130. The van der Waals surface area contributed by atoms with Crippen molar-refractivity contribution in [2.45, 2.75) is 13.3 Å². The first-order valence-corrected chi connectivity index (χ1v) is 6.43. The Bertz CT molecular complexity index is 679. The fraction of sp³-hybridized carbons (Fsp3) is 0.286. The molecule has 0 saturated heterocycles. The molecule has 0 bridgehead atoms. The molecule has 2 aromatic heterocycles. The van der Waals surface area contributed by atoms with E-state index < -0.39 is 5.97 Å². The monoisotopic (exact) mass is 288 g/mol. The fourth-order valence-corrected chi connectivity index (χ4v) is 1.79. The molecule has 0 aliphatic rings. The minimum Gasteiger partial charge on any atom is -0.464 e. The zero-order valence-corrected chi connectivity index (χ0v) is 12.1. The van der Waals surface area contributed by atoms with E-state index >= 15 is 0 Å². The molecule has 110 valence electrons. The Morgan fingerprint density at radius 2 is 2.10 bits per heavy atom. The largest absolute Gasteiger partial charge is 0.464 e. The van der Waals surface area contributed by atoms with Crippen LogP contribution in [0.2, 0.25) is 0 Å². The average molecular weight is 288 g/mol. The summed E-state index contributed by atoms with van der Waals surface area (Å²) in [5, 5.41) is 6.64. The number of rotatable bonds is 4. The van der Waals surface area contributed by atoms with Crippen LogP contribution in [-0.4, -0.2) is 33.8 Å². The van der Waals surface area contributed by atoms with Crippen LogP contribution >= 0.6 is 0 Å². The van der Waals surface area contributed by atoms with Crippen molar-refractivity contribution >= 4 is 17.7 Å². The number of nitrogens with one attached hydrogen (secondary N) is 1. The van der Waals surface area contributed by atoms with Crippen molar-refractivity contribution in [3.63, 3.8) is 0 Å². The minimum atomic E-state index is -0.558. The molecule has 1 N–H and O–H groups in total. The maximum absolute atomic E-state index is 12.2. The van der Waals surface area contributed by atoms with E-state index in [0.29, 0.717) is 11.5 Å². The van der Waals surface area contributed by atoms with Gasteiger partial charge in [-0.3, -0.25) is 14.5 Å². The van der Waals surface area contributed by atoms with Gasteiger partial charge in [-0.05, 0) is 24.1 Å². The van der Waals surface area contributed by atoms with Crippen molar-refractivity contribution in [2.75, 3.05) is 12.4 Å². The molecule has 0 unspecified atom stereocenters. The highest BCUT2D eigenvalue weighted by Crippen LogP contribution is 2.12. The summed E-state index contributed by atoms with van der Waals surface area (Å²) in [6, 6.07) is 5.04. The molecule has 2 aromatic rings. The van der Waals surface area contributed by atoms with Gasteiger partial charge in [0.05, 0.1) is 7.11 Å². The number of carbonyl (C=O) groups is 2. The van der Waals surface area contributed by atoms with Crippen molar-refractivity contribution in [3.05, 3.63) is 41.3 Å². The van der Waals surface area contributed by atoms with E-state index in [9.17, 15) is 9.59 Å². The summed E-state index contributed by atoms with van der Waals surface area (Å²) < 4.78 is 5.98. The third kappa shape index (κ3) is 3.25. The number of aryl methyl sites for hydroxylation is 2. The Morgan fingerprint density at radius 1 is 1.33 bits per heavy atom. The SMILES string of the molecule is CCc1ccnc(C(=O)Nc2cc(C(=O)OC)nn2C)c1. The molecule has 0 saturated carbocycles. The van der Waals surface area contributed by atoms with Gasteiger partial charge in [0.1, 0.15) is 11.5 Å². The molecule has 7 nitrogen and oxygen atoms in total. The van der Waals surface area contributed by atoms with Crippen molar-refractivity contribution in [2.24, 2.45) is 7.05 Å². The lowest BCUT2D eigenvalue weighted by Gasteiger charge is -2.05. The smallest absolute Gasteiger partial charge is 0.358 e. The number of esters is 1. The van der Waals surface area contributed by atoms with E-state index in [0.717, 1.165) is 12.0 Å². The summed E-state index contributed by atoms with van der Waals surface area (Å²) in [7, 11) is 2.90. The van der Waals surface area contributed by atoms with Crippen LogP contribution in [0.3, 0.4) is 0 Å². The fourth-order valence-electron chi connectivity index (χ4n) is 1.79. The summed E-state index contributed by atoms with van der Waals surface area (Å²) in [5.74, 6) is -0.522. The third-order valence-corrected chi connectivity index (χ3v) is 2.98. The quantitative estimate of drug-likeness (QED) is 0.860. The van der Waals surface area contributed by atoms with Gasteiger partial charge in [-0.2, -0.15) is 5.10 Å². The molecule has 1 amide bonds. The van der Waals surface area contributed by atoms with Gasteiger partial charge in [0.2, 0.25) is 0 Å². The molecule has 0 aliphatic carbocycles.